The zero-order valence-electron chi connectivity index (χ0n) is 8.06. The van der Waals surface area contributed by atoms with Crippen LogP contribution in [0.4, 0.5) is 0 Å². The molecule has 0 unspecified atom stereocenters. The lowest BCUT2D eigenvalue weighted by molar-refractivity contribution is -0.122. The van der Waals surface area contributed by atoms with Gasteiger partial charge in [0.2, 0.25) is 0 Å². The van der Waals surface area contributed by atoms with Crippen molar-refractivity contribution < 1.29 is 14.6 Å². The van der Waals surface area contributed by atoms with E-state index in [-0.39, 0.29) is 30.6 Å². The molecule has 4 heteroatoms. The van der Waals surface area contributed by atoms with Crippen molar-refractivity contribution in [1.82, 2.24) is 5.32 Å². The van der Waals surface area contributed by atoms with Gasteiger partial charge < -0.3 is 15.2 Å². The van der Waals surface area contributed by atoms with Gasteiger partial charge in [0.1, 0.15) is 0 Å². The molecule has 0 spiro atoms. The number of benzene rings is 1. The Kier molecular flexibility index (Phi) is 4.05. The minimum absolute atomic E-state index is 0.00208. The van der Waals surface area contributed by atoms with Crippen LogP contribution in [0, 0.1) is 12.3 Å². The second kappa shape index (κ2) is 5.55. The highest BCUT2D eigenvalue weighted by atomic mass is 16.5. The number of phenols is 1. The average Bonchev–Trinajstić information content (AvgIpc) is 2.25. The van der Waals surface area contributed by atoms with Crippen molar-refractivity contribution in [1.29, 1.82) is 0 Å². The van der Waals surface area contributed by atoms with E-state index in [1.807, 2.05) is 0 Å². The zero-order valence-corrected chi connectivity index (χ0v) is 8.06. The summed E-state index contributed by atoms with van der Waals surface area (Å²) in [5.74, 6) is 2.22. The third-order valence-corrected chi connectivity index (χ3v) is 1.61. The van der Waals surface area contributed by atoms with Crippen LogP contribution >= 0.6 is 0 Å². The Morgan fingerprint density at radius 3 is 2.93 bits per heavy atom. The first-order valence-corrected chi connectivity index (χ1v) is 4.35. The molecule has 0 aliphatic heterocycles. The van der Waals surface area contributed by atoms with E-state index in [1.54, 1.807) is 18.2 Å². The molecule has 15 heavy (non-hydrogen) atoms. The molecule has 2 N–H and O–H groups in total. The summed E-state index contributed by atoms with van der Waals surface area (Å²) >= 11 is 0. The second-order valence-electron chi connectivity index (χ2n) is 2.74. The summed E-state index contributed by atoms with van der Waals surface area (Å²) in [6, 6.07) is 6.42. The van der Waals surface area contributed by atoms with Crippen molar-refractivity contribution in [2.75, 3.05) is 13.2 Å². The number of carbonyl (C=O) groups is 1. The Hall–Kier alpha value is -2.15. The van der Waals surface area contributed by atoms with Crippen LogP contribution in [0.15, 0.2) is 24.3 Å². The molecule has 0 aliphatic carbocycles. The van der Waals surface area contributed by atoms with Crippen LogP contribution in [0.25, 0.3) is 0 Å². The molecule has 1 aromatic carbocycles. The standard InChI is InChI=1S/C11H11NO3/c1-2-7-12-11(14)8-15-10-6-4-3-5-9(10)13/h1,3-6,13H,7-8H2,(H,12,14). The maximum absolute atomic E-state index is 11.1. The number of nitrogens with one attached hydrogen (secondary N) is 1. The summed E-state index contributed by atoms with van der Waals surface area (Å²) in [7, 11) is 0. The van der Waals surface area contributed by atoms with Gasteiger partial charge >= 0.3 is 0 Å². The first-order valence-electron chi connectivity index (χ1n) is 4.35. The molecule has 0 heterocycles. The second-order valence-corrected chi connectivity index (χ2v) is 2.74. The average molecular weight is 205 g/mol. The van der Waals surface area contributed by atoms with Gasteiger partial charge in [0.25, 0.3) is 5.91 Å². The molecule has 0 radical (unpaired) electrons. The normalized spacial score (nSPS) is 9.00. The molecule has 0 saturated carbocycles. The fraction of sp³-hybridized carbons (Fsp3) is 0.182. The molecule has 0 atom stereocenters. The van der Waals surface area contributed by atoms with Gasteiger partial charge in [-0.15, -0.1) is 6.42 Å². The predicted octanol–water partition coefficient (Wildman–Crippen LogP) is 0.520. The highest BCUT2D eigenvalue weighted by molar-refractivity contribution is 5.77. The van der Waals surface area contributed by atoms with E-state index in [4.69, 9.17) is 11.2 Å². The summed E-state index contributed by atoms with van der Waals surface area (Å²) < 4.78 is 5.06. The van der Waals surface area contributed by atoms with Gasteiger partial charge in [-0.25, -0.2) is 0 Å². The van der Waals surface area contributed by atoms with Gasteiger partial charge in [-0.1, -0.05) is 18.1 Å². The van der Waals surface area contributed by atoms with Crippen LogP contribution in [0.5, 0.6) is 11.5 Å². The molecule has 0 saturated heterocycles. The molecule has 0 bridgehead atoms. The van der Waals surface area contributed by atoms with Crippen LogP contribution in [0.3, 0.4) is 0 Å². The van der Waals surface area contributed by atoms with Gasteiger partial charge in [0.15, 0.2) is 18.1 Å². The van der Waals surface area contributed by atoms with Crippen molar-refractivity contribution in [2.45, 2.75) is 0 Å². The third kappa shape index (κ3) is 3.61. The number of phenolic OH excluding ortho intramolecular Hbond substituents is 1. The van der Waals surface area contributed by atoms with Crippen molar-refractivity contribution in [3.05, 3.63) is 24.3 Å². The van der Waals surface area contributed by atoms with E-state index in [0.717, 1.165) is 0 Å². The predicted molar refractivity (Wildman–Crippen MR) is 55.4 cm³/mol. The summed E-state index contributed by atoms with van der Waals surface area (Å²) in [6.07, 6.45) is 4.96. The Morgan fingerprint density at radius 2 is 2.27 bits per heavy atom. The fourth-order valence-electron chi connectivity index (χ4n) is 0.923. The maximum Gasteiger partial charge on any atom is 0.258 e. The number of ether oxygens (including phenoxy) is 1. The highest BCUT2D eigenvalue weighted by Crippen LogP contribution is 2.23. The van der Waals surface area contributed by atoms with Crippen LogP contribution < -0.4 is 10.1 Å². The highest BCUT2D eigenvalue weighted by Gasteiger charge is 2.04. The molecule has 1 amide bonds. The quantitative estimate of drug-likeness (QED) is 0.704. The number of amides is 1. The van der Waals surface area contributed by atoms with E-state index in [2.05, 4.69) is 11.2 Å². The van der Waals surface area contributed by atoms with Crippen LogP contribution in [-0.4, -0.2) is 24.2 Å². The first-order chi connectivity index (χ1) is 7.24. The number of rotatable bonds is 4. The smallest absolute Gasteiger partial charge is 0.258 e. The van der Waals surface area contributed by atoms with Crippen molar-refractivity contribution in [3.63, 3.8) is 0 Å². The molecule has 4 nitrogen and oxygen atoms in total. The van der Waals surface area contributed by atoms with E-state index >= 15 is 0 Å². The summed E-state index contributed by atoms with van der Waals surface area (Å²) in [5.41, 5.74) is 0. The molecule has 1 aromatic rings. The number of aromatic hydroxyl groups is 1. The number of hydrogen-bond donors (Lipinski definition) is 2. The third-order valence-electron chi connectivity index (χ3n) is 1.61. The Bertz CT molecular complexity index is 382. The number of terminal acetylenes is 1. The maximum atomic E-state index is 11.1. The Balaban J connectivity index is 2.41. The molecular weight excluding hydrogens is 194 g/mol. The van der Waals surface area contributed by atoms with Crippen molar-refractivity contribution >= 4 is 5.91 Å². The number of para-hydroxylation sites is 2. The molecule has 1 rings (SSSR count). The molecule has 0 fully saturated rings. The van der Waals surface area contributed by atoms with Gasteiger partial charge in [-0.3, -0.25) is 4.79 Å². The van der Waals surface area contributed by atoms with Crippen molar-refractivity contribution in [2.24, 2.45) is 0 Å². The van der Waals surface area contributed by atoms with E-state index in [9.17, 15) is 9.90 Å². The minimum atomic E-state index is -0.323. The largest absolute Gasteiger partial charge is 0.504 e. The van der Waals surface area contributed by atoms with Gasteiger partial charge in [-0.05, 0) is 12.1 Å². The SMILES string of the molecule is C#CCNC(=O)COc1ccccc1O. The van der Waals surface area contributed by atoms with E-state index in [1.165, 1.54) is 6.07 Å². The van der Waals surface area contributed by atoms with Crippen LogP contribution in [0.2, 0.25) is 0 Å². The van der Waals surface area contributed by atoms with Gasteiger partial charge in [-0.2, -0.15) is 0 Å². The lowest BCUT2D eigenvalue weighted by Crippen LogP contribution is -2.29. The Labute approximate surface area is 87.9 Å². The zero-order chi connectivity index (χ0) is 11.1. The molecular formula is C11H11NO3. The van der Waals surface area contributed by atoms with E-state index in [0.29, 0.717) is 0 Å². The Morgan fingerprint density at radius 1 is 1.53 bits per heavy atom. The molecule has 0 aliphatic rings. The van der Waals surface area contributed by atoms with Gasteiger partial charge in [0.05, 0.1) is 6.54 Å². The lowest BCUT2D eigenvalue weighted by atomic mass is 10.3. The van der Waals surface area contributed by atoms with Crippen molar-refractivity contribution in [3.8, 4) is 23.8 Å². The lowest BCUT2D eigenvalue weighted by Gasteiger charge is -2.06. The van der Waals surface area contributed by atoms with Crippen LogP contribution in [-0.2, 0) is 4.79 Å². The van der Waals surface area contributed by atoms with Crippen LogP contribution in [0.1, 0.15) is 0 Å². The monoisotopic (exact) mass is 205 g/mol. The number of hydrogen-bond acceptors (Lipinski definition) is 3. The van der Waals surface area contributed by atoms with E-state index < -0.39 is 0 Å². The summed E-state index contributed by atoms with van der Waals surface area (Å²) in [5, 5.41) is 11.8. The van der Waals surface area contributed by atoms with Gasteiger partial charge in [0, 0.05) is 0 Å². The first kappa shape index (κ1) is 10.9. The minimum Gasteiger partial charge on any atom is -0.504 e. The summed E-state index contributed by atoms with van der Waals surface area (Å²) in [6.45, 7) is 0.00220. The summed E-state index contributed by atoms with van der Waals surface area (Å²) in [4.78, 5) is 11.1. The topological polar surface area (TPSA) is 58.6 Å². The molecule has 78 valence electrons. The fourth-order valence-corrected chi connectivity index (χ4v) is 0.923. The number of carbonyl (C=O) groups excluding carboxylic acids is 1. The molecule has 0 aromatic heterocycles.